The van der Waals surface area contributed by atoms with Crippen LogP contribution in [0.1, 0.15) is 25.8 Å². The molecule has 0 spiro atoms. The fourth-order valence-corrected chi connectivity index (χ4v) is 2.89. The van der Waals surface area contributed by atoms with Gasteiger partial charge in [-0.3, -0.25) is 4.79 Å². The zero-order valence-electron chi connectivity index (χ0n) is 12.4. The molecule has 1 amide bonds. The van der Waals surface area contributed by atoms with Crippen molar-refractivity contribution >= 4 is 17.7 Å². The van der Waals surface area contributed by atoms with Gasteiger partial charge < -0.3 is 10.0 Å². The standard InChI is InChI=1S/C16H23NO2S/c1-12-11-17(9-8-16(12,2)19)15(18)10-13-4-6-14(20-3)7-5-13/h4-7,12,19H,8-11H2,1-3H3/t12-,16+/m1/s1. The third kappa shape index (κ3) is 3.55. The van der Waals surface area contributed by atoms with E-state index in [1.54, 1.807) is 11.8 Å². The van der Waals surface area contributed by atoms with E-state index in [9.17, 15) is 9.90 Å². The topological polar surface area (TPSA) is 40.5 Å². The molecule has 0 unspecified atom stereocenters. The lowest BCUT2D eigenvalue weighted by molar-refractivity contribution is -0.137. The van der Waals surface area contributed by atoms with Gasteiger partial charge in [-0.25, -0.2) is 0 Å². The molecule has 0 saturated carbocycles. The van der Waals surface area contributed by atoms with Gasteiger partial charge in [0.2, 0.25) is 5.91 Å². The molecule has 0 bridgehead atoms. The van der Waals surface area contributed by atoms with Crippen molar-refractivity contribution in [2.75, 3.05) is 19.3 Å². The van der Waals surface area contributed by atoms with Gasteiger partial charge in [0.1, 0.15) is 0 Å². The van der Waals surface area contributed by atoms with Crippen LogP contribution in [0.4, 0.5) is 0 Å². The summed E-state index contributed by atoms with van der Waals surface area (Å²) in [5.74, 6) is 0.281. The van der Waals surface area contributed by atoms with Crippen LogP contribution in [0, 0.1) is 5.92 Å². The highest BCUT2D eigenvalue weighted by Crippen LogP contribution is 2.27. The number of carbonyl (C=O) groups is 1. The maximum Gasteiger partial charge on any atom is 0.227 e. The third-order valence-electron chi connectivity index (χ3n) is 4.31. The highest BCUT2D eigenvalue weighted by molar-refractivity contribution is 7.98. The van der Waals surface area contributed by atoms with Crippen molar-refractivity contribution < 1.29 is 9.90 Å². The zero-order valence-corrected chi connectivity index (χ0v) is 13.2. The fourth-order valence-electron chi connectivity index (χ4n) is 2.48. The quantitative estimate of drug-likeness (QED) is 0.871. The minimum absolute atomic E-state index is 0.124. The second-order valence-corrected chi connectivity index (χ2v) is 6.75. The largest absolute Gasteiger partial charge is 0.390 e. The molecule has 110 valence electrons. The second kappa shape index (κ2) is 6.19. The van der Waals surface area contributed by atoms with E-state index in [2.05, 4.69) is 12.1 Å². The number of carbonyl (C=O) groups excluding carboxylic acids is 1. The van der Waals surface area contributed by atoms with Gasteiger partial charge in [0, 0.05) is 23.9 Å². The molecule has 1 aliphatic heterocycles. The number of hydrogen-bond acceptors (Lipinski definition) is 3. The summed E-state index contributed by atoms with van der Waals surface area (Å²) in [5.41, 5.74) is 0.411. The molecule has 20 heavy (non-hydrogen) atoms. The first-order valence-electron chi connectivity index (χ1n) is 7.05. The first-order chi connectivity index (χ1) is 9.42. The summed E-state index contributed by atoms with van der Waals surface area (Å²) in [6.45, 7) is 5.17. The summed E-state index contributed by atoms with van der Waals surface area (Å²) in [5, 5.41) is 10.1. The van der Waals surface area contributed by atoms with Crippen LogP contribution in [0.25, 0.3) is 0 Å². The second-order valence-electron chi connectivity index (χ2n) is 5.87. The number of benzene rings is 1. The number of amides is 1. The van der Waals surface area contributed by atoms with Gasteiger partial charge in [-0.15, -0.1) is 11.8 Å². The molecule has 1 heterocycles. The first-order valence-corrected chi connectivity index (χ1v) is 8.28. The Morgan fingerprint density at radius 2 is 2.10 bits per heavy atom. The van der Waals surface area contributed by atoms with Gasteiger partial charge in [0.05, 0.1) is 12.0 Å². The van der Waals surface area contributed by atoms with Gasteiger partial charge in [-0.1, -0.05) is 19.1 Å². The number of nitrogens with zero attached hydrogens (tertiary/aromatic N) is 1. The summed E-state index contributed by atoms with van der Waals surface area (Å²) < 4.78 is 0. The zero-order chi connectivity index (χ0) is 14.8. The Kier molecular flexibility index (Phi) is 4.76. The maximum atomic E-state index is 12.3. The number of thioether (sulfide) groups is 1. The Balaban J connectivity index is 1.95. The number of piperidine rings is 1. The van der Waals surface area contributed by atoms with Gasteiger partial charge in [-0.05, 0) is 37.3 Å². The Hall–Kier alpha value is -1.00. The van der Waals surface area contributed by atoms with Crippen LogP contribution in [0.5, 0.6) is 0 Å². The number of rotatable bonds is 3. The molecule has 1 aromatic rings. The molecule has 1 fully saturated rings. The molecule has 1 N–H and O–H groups in total. The van der Waals surface area contributed by atoms with Crippen molar-refractivity contribution in [3.8, 4) is 0 Å². The van der Waals surface area contributed by atoms with Crippen LogP contribution in [-0.2, 0) is 11.2 Å². The lowest BCUT2D eigenvalue weighted by Gasteiger charge is -2.41. The molecule has 2 rings (SSSR count). The summed E-state index contributed by atoms with van der Waals surface area (Å²) in [7, 11) is 0. The Labute approximate surface area is 125 Å². The predicted molar refractivity (Wildman–Crippen MR) is 82.9 cm³/mol. The van der Waals surface area contributed by atoms with E-state index in [-0.39, 0.29) is 11.8 Å². The van der Waals surface area contributed by atoms with Crippen molar-refractivity contribution in [3.05, 3.63) is 29.8 Å². The monoisotopic (exact) mass is 293 g/mol. The normalized spacial score (nSPS) is 26.6. The Morgan fingerprint density at radius 1 is 1.45 bits per heavy atom. The summed E-state index contributed by atoms with van der Waals surface area (Å²) in [6.07, 6.45) is 3.15. The van der Waals surface area contributed by atoms with Crippen LogP contribution in [0.2, 0.25) is 0 Å². The van der Waals surface area contributed by atoms with E-state index in [0.29, 0.717) is 25.9 Å². The Bertz CT molecular complexity index is 470. The van der Waals surface area contributed by atoms with Crippen molar-refractivity contribution in [1.29, 1.82) is 0 Å². The van der Waals surface area contributed by atoms with Gasteiger partial charge >= 0.3 is 0 Å². The molecule has 4 heteroatoms. The molecular weight excluding hydrogens is 270 g/mol. The van der Waals surface area contributed by atoms with Crippen LogP contribution in [-0.4, -0.2) is 40.9 Å². The summed E-state index contributed by atoms with van der Waals surface area (Å²) >= 11 is 1.70. The number of likely N-dealkylation sites (tertiary alicyclic amines) is 1. The predicted octanol–water partition coefficient (Wildman–Crippen LogP) is 2.57. The molecule has 2 atom stereocenters. The number of hydrogen-bond donors (Lipinski definition) is 1. The van der Waals surface area contributed by atoms with Crippen molar-refractivity contribution in [1.82, 2.24) is 4.90 Å². The van der Waals surface area contributed by atoms with Gasteiger partial charge in [0.25, 0.3) is 0 Å². The van der Waals surface area contributed by atoms with E-state index in [0.717, 1.165) is 5.56 Å². The summed E-state index contributed by atoms with van der Waals surface area (Å²) in [4.78, 5) is 15.4. The van der Waals surface area contributed by atoms with E-state index < -0.39 is 5.60 Å². The molecule has 1 aliphatic rings. The van der Waals surface area contributed by atoms with Gasteiger partial charge in [-0.2, -0.15) is 0 Å². The third-order valence-corrected chi connectivity index (χ3v) is 5.05. The SMILES string of the molecule is CSc1ccc(CC(=O)N2CC[C@](C)(O)[C@H](C)C2)cc1. The summed E-state index contributed by atoms with van der Waals surface area (Å²) in [6, 6.07) is 8.15. The van der Waals surface area contributed by atoms with Crippen LogP contribution < -0.4 is 0 Å². The average molecular weight is 293 g/mol. The highest BCUT2D eigenvalue weighted by Gasteiger charge is 2.35. The number of aliphatic hydroxyl groups is 1. The average Bonchev–Trinajstić information content (AvgIpc) is 2.42. The molecular formula is C16H23NO2S. The van der Waals surface area contributed by atoms with Crippen LogP contribution >= 0.6 is 11.8 Å². The molecule has 3 nitrogen and oxygen atoms in total. The Morgan fingerprint density at radius 3 is 2.65 bits per heavy atom. The van der Waals surface area contributed by atoms with Crippen molar-refractivity contribution in [2.45, 2.75) is 37.2 Å². The van der Waals surface area contributed by atoms with E-state index in [1.807, 2.05) is 37.1 Å². The van der Waals surface area contributed by atoms with E-state index >= 15 is 0 Å². The molecule has 1 aromatic carbocycles. The van der Waals surface area contributed by atoms with Crippen molar-refractivity contribution in [3.63, 3.8) is 0 Å². The lowest BCUT2D eigenvalue weighted by Crippen LogP contribution is -2.51. The fraction of sp³-hybridized carbons (Fsp3) is 0.562. The molecule has 0 radical (unpaired) electrons. The maximum absolute atomic E-state index is 12.3. The van der Waals surface area contributed by atoms with Crippen LogP contribution in [0.3, 0.4) is 0 Å². The minimum Gasteiger partial charge on any atom is -0.390 e. The molecule has 0 aliphatic carbocycles. The smallest absolute Gasteiger partial charge is 0.227 e. The minimum atomic E-state index is -0.642. The van der Waals surface area contributed by atoms with E-state index in [1.165, 1.54) is 4.90 Å². The molecule has 1 saturated heterocycles. The first kappa shape index (κ1) is 15.4. The highest BCUT2D eigenvalue weighted by atomic mass is 32.2. The van der Waals surface area contributed by atoms with Gasteiger partial charge in [0.15, 0.2) is 0 Å². The van der Waals surface area contributed by atoms with Crippen LogP contribution in [0.15, 0.2) is 29.2 Å². The lowest BCUT2D eigenvalue weighted by atomic mass is 9.84. The van der Waals surface area contributed by atoms with E-state index in [4.69, 9.17) is 0 Å². The van der Waals surface area contributed by atoms with Crippen molar-refractivity contribution in [2.24, 2.45) is 5.92 Å². The molecule has 0 aromatic heterocycles.